The van der Waals surface area contributed by atoms with Gasteiger partial charge in [-0.2, -0.15) is 4.98 Å². The second kappa shape index (κ2) is 5.63. The van der Waals surface area contributed by atoms with Gasteiger partial charge in [0.05, 0.1) is 5.56 Å². The van der Waals surface area contributed by atoms with Crippen LogP contribution in [0.15, 0.2) is 33.5 Å². The van der Waals surface area contributed by atoms with Gasteiger partial charge in [-0.25, -0.2) is 0 Å². The van der Waals surface area contributed by atoms with Gasteiger partial charge in [0.2, 0.25) is 5.89 Å². The largest absolute Gasteiger partial charge is 0.507 e. The van der Waals surface area contributed by atoms with Crippen LogP contribution in [0.4, 0.5) is 0 Å². The highest BCUT2D eigenvalue weighted by atomic mass is 79.9. The third-order valence-electron chi connectivity index (χ3n) is 2.24. The lowest BCUT2D eigenvalue weighted by molar-refractivity contribution is 0.0950. The maximum absolute atomic E-state index is 11.8. The second-order valence-electron chi connectivity index (χ2n) is 3.50. The molecule has 7 heteroatoms. The Morgan fingerprint density at radius 3 is 3.00 bits per heavy atom. The molecule has 0 saturated heterocycles. The van der Waals surface area contributed by atoms with Crippen molar-refractivity contribution < 1.29 is 14.4 Å². The lowest BCUT2D eigenvalue weighted by Gasteiger charge is -2.05. The summed E-state index contributed by atoms with van der Waals surface area (Å²) < 4.78 is 5.50. The molecular weight excluding hydrogens is 302 g/mol. The lowest BCUT2D eigenvalue weighted by Crippen LogP contribution is -2.25. The number of hydrogen-bond donors (Lipinski definition) is 2. The molecule has 0 spiro atoms. The quantitative estimate of drug-likeness (QED) is 0.893. The predicted molar refractivity (Wildman–Crippen MR) is 66.1 cm³/mol. The van der Waals surface area contributed by atoms with Crippen LogP contribution in [0.5, 0.6) is 5.75 Å². The van der Waals surface area contributed by atoms with E-state index in [-0.39, 0.29) is 17.2 Å². The molecule has 0 unspecified atom stereocenters. The van der Waals surface area contributed by atoms with Crippen molar-refractivity contribution in [3.63, 3.8) is 0 Å². The fraction of sp³-hybridized carbons (Fsp3) is 0.182. The zero-order valence-corrected chi connectivity index (χ0v) is 10.8. The third-order valence-corrected chi connectivity index (χ3v) is 2.73. The number of carbonyl (C=O) groups excluding carboxylic acids is 1. The number of hydrogen-bond acceptors (Lipinski definition) is 5. The van der Waals surface area contributed by atoms with E-state index in [9.17, 15) is 9.90 Å². The summed E-state index contributed by atoms with van der Waals surface area (Å²) in [6.45, 7) is 0.358. The average Bonchev–Trinajstić information content (AvgIpc) is 2.81. The Morgan fingerprint density at radius 2 is 2.33 bits per heavy atom. The number of phenolic OH excluding ortho intramolecular Hbond substituents is 1. The Morgan fingerprint density at radius 1 is 1.50 bits per heavy atom. The fourth-order valence-corrected chi connectivity index (χ4v) is 1.73. The normalized spacial score (nSPS) is 10.3. The molecule has 2 rings (SSSR count). The molecule has 1 amide bonds. The first-order valence-corrected chi connectivity index (χ1v) is 5.98. The minimum atomic E-state index is -0.348. The summed E-state index contributed by atoms with van der Waals surface area (Å²) >= 11 is 3.20. The van der Waals surface area contributed by atoms with Crippen LogP contribution >= 0.6 is 15.9 Å². The van der Waals surface area contributed by atoms with Gasteiger partial charge in [0.1, 0.15) is 5.75 Å². The van der Waals surface area contributed by atoms with Crippen LogP contribution in [0.3, 0.4) is 0 Å². The summed E-state index contributed by atoms with van der Waals surface area (Å²) in [6.07, 6.45) is 1.75. The van der Waals surface area contributed by atoms with E-state index in [1.807, 2.05) is 0 Å². The number of rotatable bonds is 4. The van der Waals surface area contributed by atoms with Crippen molar-refractivity contribution in [1.82, 2.24) is 15.5 Å². The van der Waals surface area contributed by atoms with Gasteiger partial charge in [0, 0.05) is 17.4 Å². The van der Waals surface area contributed by atoms with Crippen molar-refractivity contribution in [3.05, 3.63) is 40.5 Å². The SMILES string of the molecule is O=C(NCCc1ncno1)c1ccc(Br)cc1O. The van der Waals surface area contributed by atoms with Crippen LogP contribution in [-0.4, -0.2) is 27.7 Å². The maximum Gasteiger partial charge on any atom is 0.255 e. The van der Waals surface area contributed by atoms with Crippen LogP contribution in [0.25, 0.3) is 0 Å². The summed E-state index contributed by atoms with van der Waals surface area (Å²) in [5.74, 6) is 0.0366. The number of aromatic hydroxyl groups is 1. The van der Waals surface area contributed by atoms with Crippen LogP contribution in [-0.2, 0) is 6.42 Å². The van der Waals surface area contributed by atoms with E-state index >= 15 is 0 Å². The fourth-order valence-electron chi connectivity index (χ4n) is 1.38. The summed E-state index contributed by atoms with van der Waals surface area (Å²) in [6, 6.07) is 4.70. The highest BCUT2D eigenvalue weighted by molar-refractivity contribution is 9.10. The van der Waals surface area contributed by atoms with E-state index in [1.165, 1.54) is 12.4 Å². The number of amides is 1. The average molecular weight is 312 g/mol. The van der Waals surface area contributed by atoms with E-state index in [0.717, 1.165) is 0 Å². The number of nitrogens with one attached hydrogen (secondary N) is 1. The number of halogens is 1. The molecule has 0 aliphatic carbocycles. The Kier molecular flexibility index (Phi) is 3.93. The summed E-state index contributed by atoms with van der Waals surface area (Å²) in [5, 5.41) is 15.7. The number of nitrogens with zero attached hydrogens (tertiary/aromatic N) is 2. The third kappa shape index (κ3) is 3.07. The van der Waals surface area contributed by atoms with E-state index in [1.54, 1.807) is 12.1 Å². The van der Waals surface area contributed by atoms with Gasteiger partial charge < -0.3 is 14.9 Å². The monoisotopic (exact) mass is 311 g/mol. The molecule has 0 radical (unpaired) electrons. The lowest BCUT2D eigenvalue weighted by atomic mass is 10.2. The summed E-state index contributed by atoms with van der Waals surface area (Å²) in [4.78, 5) is 15.6. The molecule has 1 aromatic heterocycles. The van der Waals surface area contributed by atoms with Crippen LogP contribution in [0.2, 0.25) is 0 Å². The smallest absolute Gasteiger partial charge is 0.255 e. The Balaban J connectivity index is 1.91. The first-order valence-electron chi connectivity index (χ1n) is 5.19. The van der Waals surface area contributed by atoms with Gasteiger partial charge >= 0.3 is 0 Å². The standard InChI is InChI=1S/C11H10BrN3O3/c12-7-1-2-8(9(16)5-7)11(17)13-4-3-10-14-6-15-18-10/h1-2,5-6,16H,3-4H2,(H,13,17). The van der Waals surface area contributed by atoms with Crippen molar-refractivity contribution in [1.29, 1.82) is 0 Å². The minimum absolute atomic E-state index is 0.0698. The topological polar surface area (TPSA) is 88.3 Å². The minimum Gasteiger partial charge on any atom is -0.507 e. The molecule has 0 fully saturated rings. The van der Waals surface area contributed by atoms with Gasteiger partial charge in [-0.15, -0.1) is 0 Å². The van der Waals surface area contributed by atoms with Gasteiger partial charge in [0.15, 0.2) is 6.33 Å². The number of carbonyl (C=O) groups is 1. The van der Waals surface area contributed by atoms with Crippen molar-refractivity contribution in [2.24, 2.45) is 0 Å². The predicted octanol–water partition coefficient (Wildman–Crippen LogP) is 1.51. The molecule has 94 valence electrons. The number of phenols is 1. The van der Waals surface area contributed by atoms with Crippen molar-refractivity contribution in [2.45, 2.75) is 6.42 Å². The van der Waals surface area contributed by atoms with E-state index in [4.69, 9.17) is 4.52 Å². The molecule has 1 heterocycles. The number of benzene rings is 1. The van der Waals surface area contributed by atoms with Crippen LogP contribution < -0.4 is 5.32 Å². The first kappa shape index (κ1) is 12.6. The summed E-state index contributed by atoms with van der Waals surface area (Å²) in [7, 11) is 0. The van der Waals surface area contributed by atoms with Crippen LogP contribution in [0.1, 0.15) is 16.2 Å². The van der Waals surface area contributed by atoms with Crippen molar-refractivity contribution in [2.75, 3.05) is 6.54 Å². The van der Waals surface area contributed by atoms with E-state index < -0.39 is 0 Å². The highest BCUT2D eigenvalue weighted by Gasteiger charge is 2.11. The highest BCUT2D eigenvalue weighted by Crippen LogP contribution is 2.21. The Hall–Kier alpha value is -1.89. The Labute approximate surface area is 111 Å². The van der Waals surface area contributed by atoms with Gasteiger partial charge in [-0.3, -0.25) is 4.79 Å². The van der Waals surface area contributed by atoms with E-state index in [0.29, 0.717) is 23.3 Å². The van der Waals surface area contributed by atoms with Gasteiger partial charge in [-0.05, 0) is 18.2 Å². The maximum atomic E-state index is 11.8. The van der Waals surface area contributed by atoms with E-state index in [2.05, 4.69) is 31.4 Å². The molecule has 0 bridgehead atoms. The molecule has 0 aliphatic heterocycles. The molecule has 1 aromatic carbocycles. The molecule has 0 saturated carbocycles. The molecule has 0 aliphatic rings. The molecule has 0 atom stereocenters. The van der Waals surface area contributed by atoms with Crippen LogP contribution in [0, 0.1) is 0 Å². The molecule has 6 nitrogen and oxygen atoms in total. The number of aromatic nitrogens is 2. The second-order valence-corrected chi connectivity index (χ2v) is 4.42. The molecule has 18 heavy (non-hydrogen) atoms. The van der Waals surface area contributed by atoms with Crippen molar-refractivity contribution >= 4 is 21.8 Å². The summed E-state index contributed by atoms with van der Waals surface area (Å²) in [5.41, 5.74) is 0.226. The first-order chi connectivity index (χ1) is 8.66. The van der Waals surface area contributed by atoms with Crippen molar-refractivity contribution in [3.8, 4) is 5.75 Å². The molecule has 2 N–H and O–H groups in total. The van der Waals surface area contributed by atoms with Gasteiger partial charge in [0.25, 0.3) is 5.91 Å². The van der Waals surface area contributed by atoms with Gasteiger partial charge in [-0.1, -0.05) is 21.1 Å². The molecule has 2 aromatic rings. The Bertz CT molecular complexity index is 542. The molecular formula is C11H10BrN3O3. The zero-order chi connectivity index (χ0) is 13.0. The zero-order valence-electron chi connectivity index (χ0n) is 9.26.